The van der Waals surface area contributed by atoms with Crippen molar-refractivity contribution in [3.63, 3.8) is 0 Å². The van der Waals surface area contributed by atoms with Gasteiger partial charge in [0, 0.05) is 12.8 Å². The van der Waals surface area contributed by atoms with Crippen LogP contribution in [0.5, 0.6) is 0 Å². The number of hydrogen-bond acceptors (Lipinski definition) is 2. The number of alkyl halides is 8. The van der Waals surface area contributed by atoms with Crippen molar-refractivity contribution >= 4 is 11.7 Å². The van der Waals surface area contributed by atoms with Crippen molar-refractivity contribution in [2.24, 2.45) is 10.9 Å². The number of halogens is 8. The van der Waals surface area contributed by atoms with Crippen molar-refractivity contribution in [1.82, 2.24) is 0 Å². The largest absolute Gasteiger partial charge is 0.478 e. The second kappa shape index (κ2) is 5.69. The lowest BCUT2D eigenvalue weighted by atomic mass is 9.92. The fourth-order valence-electron chi connectivity index (χ4n) is 3.06. The van der Waals surface area contributed by atoms with Gasteiger partial charge in [0.15, 0.2) is 5.71 Å². The van der Waals surface area contributed by atoms with E-state index in [2.05, 4.69) is 4.99 Å². The van der Waals surface area contributed by atoms with E-state index >= 15 is 0 Å². The lowest BCUT2D eigenvalue weighted by molar-refractivity contribution is -0.134. The number of nitrogens with zero attached hydrogens (tertiary/aromatic N) is 1. The molecule has 11 heteroatoms. The minimum atomic E-state index is -5.57. The number of carbonyl (C=O) groups is 1. The molecule has 1 aliphatic heterocycles. The first-order valence-electron chi connectivity index (χ1n) is 6.80. The summed E-state index contributed by atoms with van der Waals surface area (Å²) in [7, 11) is 0. The first-order chi connectivity index (χ1) is 10.7. The van der Waals surface area contributed by atoms with E-state index in [-0.39, 0.29) is 6.42 Å². The minimum Gasteiger partial charge on any atom is -0.478 e. The maximum absolute atomic E-state index is 13.1. The van der Waals surface area contributed by atoms with Crippen LogP contribution in [0.1, 0.15) is 25.7 Å². The summed E-state index contributed by atoms with van der Waals surface area (Å²) in [5.41, 5.74) is -6.20. The first kappa shape index (κ1) is 18.7. The molecule has 2 rings (SSSR count). The molecule has 1 heterocycles. The third kappa shape index (κ3) is 3.69. The van der Waals surface area contributed by atoms with Crippen LogP contribution in [-0.4, -0.2) is 41.1 Å². The van der Waals surface area contributed by atoms with Crippen molar-refractivity contribution in [2.45, 2.75) is 50.0 Å². The predicted octanol–water partition coefficient (Wildman–Crippen LogP) is 4.14. The Balaban J connectivity index is 2.42. The topological polar surface area (TPSA) is 49.7 Å². The van der Waals surface area contributed by atoms with E-state index < -0.39 is 72.3 Å². The molecule has 3 nitrogen and oxygen atoms in total. The molecule has 2 aliphatic rings. The summed E-state index contributed by atoms with van der Waals surface area (Å²) in [6.45, 7) is 0. The van der Waals surface area contributed by atoms with Gasteiger partial charge in [-0.25, -0.2) is 13.6 Å². The van der Waals surface area contributed by atoms with Crippen LogP contribution in [0.4, 0.5) is 35.1 Å². The van der Waals surface area contributed by atoms with Gasteiger partial charge in [-0.2, -0.15) is 26.3 Å². The Morgan fingerprint density at radius 3 is 2.12 bits per heavy atom. The molecule has 2 unspecified atom stereocenters. The fraction of sp³-hybridized carbons (Fsp3) is 0.692. The maximum Gasteiger partial charge on any atom is 0.433 e. The zero-order chi connectivity index (χ0) is 18.5. The van der Waals surface area contributed by atoms with Crippen LogP contribution < -0.4 is 0 Å². The van der Waals surface area contributed by atoms with Crippen LogP contribution in [0.15, 0.2) is 16.1 Å². The molecular weight excluding hydrogens is 354 g/mol. The highest BCUT2D eigenvalue weighted by Gasteiger charge is 2.55. The van der Waals surface area contributed by atoms with Crippen LogP contribution >= 0.6 is 0 Å². The van der Waals surface area contributed by atoms with E-state index in [4.69, 9.17) is 5.11 Å². The van der Waals surface area contributed by atoms with Crippen LogP contribution in [0.3, 0.4) is 0 Å². The fourth-order valence-corrected chi connectivity index (χ4v) is 3.06. The summed E-state index contributed by atoms with van der Waals surface area (Å²) >= 11 is 0. The quantitative estimate of drug-likeness (QED) is 0.765. The van der Waals surface area contributed by atoms with Crippen molar-refractivity contribution in [1.29, 1.82) is 0 Å². The van der Waals surface area contributed by atoms with Gasteiger partial charge in [-0.05, 0) is 18.8 Å². The first-order valence-corrected chi connectivity index (χ1v) is 6.80. The summed E-state index contributed by atoms with van der Waals surface area (Å²) < 4.78 is 104. The highest BCUT2D eigenvalue weighted by atomic mass is 19.4. The van der Waals surface area contributed by atoms with Crippen molar-refractivity contribution < 1.29 is 45.0 Å². The zero-order valence-electron chi connectivity index (χ0n) is 11.8. The van der Waals surface area contributed by atoms with Gasteiger partial charge in [-0.3, -0.25) is 4.99 Å². The number of allylic oxidation sites excluding steroid dienone is 1. The number of aliphatic carboxylic acids is 1. The molecule has 0 radical (unpaired) electrons. The molecule has 0 bridgehead atoms. The van der Waals surface area contributed by atoms with Crippen molar-refractivity contribution in [3.8, 4) is 0 Å². The van der Waals surface area contributed by atoms with Crippen molar-refractivity contribution in [2.75, 3.05) is 0 Å². The van der Waals surface area contributed by atoms with Crippen LogP contribution in [-0.2, 0) is 4.79 Å². The lowest BCUT2D eigenvalue weighted by Crippen LogP contribution is -2.31. The number of aliphatic imine (C=N–C) groups is 1. The molecule has 0 aromatic carbocycles. The highest BCUT2D eigenvalue weighted by Crippen LogP contribution is 2.46. The zero-order valence-corrected chi connectivity index (χ0v) is 11.8. The Morgan fingerprint density at radius 1 is 1.17 bits per heavy atom. The van der Waals surface area contributed by atoms with Gasteiger partial charge in [-0.15, -0.1) is 0 Å². The third-order valence-corrected chi connectivity index (χ3v) is 3.97. The van der Waals surface area contributed by atoms with E-state index in [9.17, 15) is 39.9 Å². The Hall–Kier alpha value is -1.68. The van der Waals surface area contributed by atoms with Gasteiger partial charge in [0.1, 0.15) is 0 Å². The molecule has 0 spiro atoms. The SMILES string of the molecule is O=C(O)C1=C(C(F)(F)F)C(C(F)(F)F)=NC1CC1CCC(F)(F)C1. The van der Waals surface area contributed by atoms with Gasteiger partial charge in [0.25, 0.3) is 0 Å². The summed E-state index contributed by atoms with van der Waals surface area (Å²) in [6, 6.07) is -1.95. The third-order valence-electron chi connectivity index (χ3n) is 3.97. The van der Waals surface area contributed by atoms with E-state index in [1.165, 1.54) is 0 Å². The number of carboxylic acids is 1. The molecule has 1 N–H and O–H groups in total. The minimum absolute atomic E-state index is 0.116. The van der Waals surface area contributed by atoms with Crippen molar-refractivity contribution in [3.05, 3.63) is 11.1 Å². The summed E-state index contributed by atoms with van der Waals surface area (Å²) in [6.07, 6.45) is -13.0. The Bertz CT molecular complexity index is 602. The molecule has 1 aliphatic carbocycles. The summed E-state index contributed by atoms with van der Waals surface area (Å²) in [4.78, 5) is 14.0. The second-order valence-electron chi connectivity index (χ2n) is 5.78. The molecular formula is C13H11F8NO2. The summed E-state index contributed by atoms with van der Waals surface area (Å²) in [5.74, 6) is -6.15. The molecule has 0 aromatic heterocycles. The molecule has 0 aromatic rings. The average molecular weight is 365 g/mol. The van der Waals surface area contributed by atoms with E-state index in [1.54, 1.807) is 0 Å². The predicted molar refractivity (Wildman–Crippen MR) is 64.9 cm³/mol. The van der Waals surface area contributed by atoms with E-state index in [0.29, 0.717) is 0 Å². The molecule has 0 saturated heterocycles. The molecule has 1 saturated carbocycles. The number of hydrogen-bond donors (Lipinski definition) is 1. The van der Waals surface area contributed by atoms with Gasteiger partial charge >= 0.3 is 18.3 Å². The number of rotatable bonds is 3. The maximum atomic E-state index is 13.1. The smallest absolute Gasteiger partial charge is 0.433 e. The standard InChI is InChI=1S/C13H11F8NO2/c14-11(15)2-1-5(4-11)3-6-7(10(23)24)8(12(16,17)18)9(22-6)13(19,20)21/h5-6H,1-4H2,(H,23,24). The van der Waals surface area contributed by atoms with Gasteiger partial charge in [0.05, 0.1) is 17.2 Å². The summed E-state index contributed by atoms with van der Waals surface area (Å²) in [5, 5.41) is 8.93. The van der Waals surface area contributed by atoms with Crippen LogP contribution in [0.2, 0.25) is 0 Å². The molecule has 2 atom stereocenters. The van der Waals surface area contributed by atoms with Gasteiger partial charge < -0.3 is 5.11 Å². The van der Waals surface area contributed by atoms with Crippen LogP contribution in [0, 0.1) is 5.92 Å². The second-order valence-corrected chi connectivity index (χ2v) is 5.78. The van der Waals surface area contributed by atoms with E-state index in [1.807, 2.05) is 0 Å². The average Bonchev–Trinajstić information content (AvgIpc) is 2.89. The molecule has 24 heavy (non-hydrogen) atoms. The molecule has 0 amide bonds. The Morgan fingerprint density at radius 2 is 1.75 bits per heavy atom. The Labute approximate surface area is 130 Å². The monoisotopic (exact) mass is 365 g/mol. The van der Waals surface area contributed by atoms with Gasteiger partial charge in [-0.1, -0.05) is 0 Å². The molecule has 1 fully saturated rings. The Kier molecular flexibility index (Phi) is 4.43. The van der Waals surface area contributed by atoms with E-state index in [0.717, 1.165) is 0 Å². The molecule has 136 valence electrons. The lowest BCUT2D eigenvalue weighted by Gasteiger charge is -2.16. The van der Waals surface area contributed by atoms with Crippen LogP contribution in [0.25, 0.3) is 0 Å². The van der Waals surface area contributed by atoms with Gasteiger partial charge in [0.2, 0.25) is 5.92 Å². The normalized spacial score (nSPS) is 27.6. The number of carboxylic acid groups (broad SMARTS) is 1. The highest BCUT2D eigenvalue weighted by molar-refractivity contribution is 6.13.